The van der Waals surface area contributed by atoms with Crippen LogP contribution in [0.15, 0.2) is 12.7 Å². The molecule has 0 radical (unpaired) electrons. The van der Waals surface area contributed by atoms with Crippen molar-refractivity contribution in [2.45, 2.75) is 39.5 Å². The summed E-state index contributed by atoms with van der Waals surface area (Å²) >= 11 is 0. The number of nitrogens with one attached hydrogen (secondary N) is 1. The Morgan fingerprint density at radius 1 is 1.53 bits per heavy atom. The molecule has 108 valence electrons. The summed E-state index contributed by atoms with van der Waals surface area (Å²) in [6, 6.07) is 0. The largest absolute Gasteiger partial charge is 0.356 e. The zero-order valence-electron chi connectivity index (χ0n) is 12.2. The van der Waals surface area contributed by atoms with E-state index in [0.717, 1.165) is 38.9 Å². The maximum Gasteiger partial charge on any atom is 0.223 e. The maximum absolute atomic E-state index is 12.1. The Balaban J connectivity index is 2.47. The molecule has 19 heavy (non-hydrogen) atoms. The number of allylic oxidation sites excluding steroid dienone is 1. The molecule has 2 unspecified atom stereocenters. The lowest BCUT2D eigenvalue weighted by atomic mass is 9.90. The molecule has 0 saturated carbocycles. The van der Waals surface area contributed by atoms with Gasteiger partial charge in [-0.05, 0) is 31.6 Å². The van der Waals surface area contributed by atoms with Crippen molar-refractivity contribution in [3.63, 3.8) is 0 Å². The molecule has 1 rings (SSSR count). The number of hydrogen-bond acceptors (Lipinski definition) is 2. The van der Waals surface area contributed by atoms with Crippen molar-refractivity contribution in [1.82, 2.24) is 10.2 Å². The first-order chi connectivity index (χ1) is 9.08. The molecule has 4 nitrogen and oxygen atoms in total. The van der Waals surface area contributed by atoms with Gasteiger partial charge in [-0.3, -0.25) is 9.59 Å². The molecule has 0 aromatic rings. The quantitative estimate of drug-likeness (QED) is 0.716. The van der Waals surface area contributed by atoms with E-state index in [9.17, 15) is 9.59 Å². The summed E-state index contributed by atoms with van der Waals surface area (Å²) in [6.07, 6.45) is 5.34. The molecule has 2 amide bonds. The van der Waals surface area contributed by atoms with Gasteiger partial charge in [0, 0.05) is 32.5 Å². The van der Waals surface area contributed by atoms with E-state index in [1.807, 2.05) is 17.9 Å². The van der Waals surface area contributed by atoms with Gasteiger partial charge in [0.25, 0.3) is 0 Å². The number of amides is 2. The van der Waals surface area contributed by atoms with E-state index >= 15 is 0 Å². The van der Waals surface area contributed by atoms with E-state index in [1.165, 1.54) is 0 Å². The first-order valence-electron chi connectivity index (χ1n) is 7.22. The lowest BCUT2D eigenvalue weighted by Crippen LogP contribution is -2.33. The Morgan fingerprint density at radius 2 is 2.26 bits per heavy atom. The van der Waals surface area contributed by atoms with Gasteiger partial charge in [0.05, 0.1) is 0 Å². The first-order valence-corrected chi connectivity index (χ1v) is 7.22. The zero-order valence-corrected chi connectivity index (χ0v) is 12.2. The fourth-order valence-corrected chi connectivity index (χ4v) is 2.62. The monoisotopic (exact) mass is 266 g/mol. The molecule has 1 aliphatic rings. The Kier molecular flexibility index (Phi) is 6.60. The van der Waals surface area contributed by atoms with Crippen LogP contribution in [0.25, 0.3) is 0 Å². The molecule has 0 aromatic heterocycles. The Bertz CT molecular complexity index is 328. The number of rotatable bonds is 7. The molecule has 2 atom stereocenters. The minimum atomic E-state index is 0.000887. The fourth-order valence-electron chi connectivity index (χ4n) is 2.62. The minimum Gasteiger partial charge on any atom is -0.356 e. The van der Waals surface area contributed by atoms with Crippen molar-refractivity contribution in [2.24, 2.45) is 11.8 Å². The van der Waals surface area contributed by atoms with Crippen LogP contribution in [0.5, 0.6) is 0 Å². The lowest BCUT2D eigenvalue weighted by molar-refractivity contribution is -0.127. The van der Waals surface area contributed by atoms with Crippen LogP contribution >= 0.6 is 0 Å². The van der Waals surface area contributed by atoms with Gasteiger partial charge in [0.2, 0.25) is 11.8 Å². The van der Waals surface area contributed by atoms with E-state index in [-0.39, 0.29) is 17.7 Å². The van der Waals surface area contributed by atoms with E-state index in [4.69, 9.17) is 0 Å². The highest BCUT2D eigenvalue weighted by atomic mass is 16.2. The second-order valence-corrected chi connectivity index (χ2v) is 5.37. The van der Waals surface area contributed by atoms with Gasteiger partial charge in [-0.2, -0.15) is 0 Å². The van der Waals surface area contributed by atoms with Gasteiger partial charge in [0.1, 0.15) is 0 Å². The van der Waals surface area contributed by atoms with Crippen LogP contribution in [-0.4, -0.2) is 36.3 Å². The molecular weight excluding hydrogens is 240 g/mol. The summed E-state index contributed by atoms with van der Waals surface area (Å²) in [6.45, 7) is 9.75. The van der Waals surface area contributed by atoms with Crippen molar-refractivity contribution in [3.8, 4) is 0 Å². The molecule has 1 aliphatic heterocycles. The van der Waals surface area contributed by atoms with Crippen molar-refractivity contribution < 1.29 is 9.59 Å². The predicted molar refractivity (Wildman–Crippen MR) is 76.6 cm³/mol. The van der Waals surface area contributed by atoms with E-state index < -0.39 is 0 Å². The summed E-state index contributed by atoms with van der Waals surface area (Å²) in [5.74, 6) is 0.711. The van der Waals surface area contributed by atoms with Gasteiger partial charge in [-0.25, -0.2) is 0 Å². The molecule has 1 fully saturated rings. The molecule has 0 aliphatic carbocycles. The normalized spacial score (nSPS) is 20.1. The number of carbonyl (C=O) groups excluding carboxylic acids is 2. The van der Waals surface area contributed by atoms with Gasteiger partial charge in [-0.15, -0.1) is 6.58 Å². The number of nitrogens with zero attached hydrogens (tertiary/aromatic N) is 1. The summed E-state index contributed by atoms with van der Waals surface area (Å²) in [4.78, 5) is 25.2. The molecular formula is C15H26N2O2. The summed E-state index contributed by atoms with van der Waals surface area (Å²) in [7, 11) is 0. The highest BCUT2D eigenvalue weighted by Crippen LogP contribution is 2.25. The van der Waals surface area contributed by atoms with Crippen molar-refractivity contribution in [1.29, 1.82) is 0 Å². The van der Waals surface area contributed by atoms with Crippen molar-refractivity contribution in [2.75, 3.05) is 19.6 Å². The molecule has 1 heterocycles. The Labute approximate surface area is 116 Å². The van der Waals surface area contributed by atoms with Gasteiger partial charge in [-0.1, -0.05) is 13.0 Å². The topological polar surface area (TPSA) is 49.4 Å². The number of likely N-dealkylation sites (tertiary alicyclic amines) is 1. The van der Waals surface area contributed by atoms with E-state index in [1.54, 1.807) is 6.92 Å². The van der Waals surface area contributed by atoms with Crippen LogP contribution in [0.2, 0.25) is 0 Å². The molecule has 1 saturated heterocycles. The van der Waals surface area contributed by atoms with E-state index in [2.05, 4.69) is 11.9 Å². The average Bonchev–Trinajstić information content (AvgIpc) is 2.84. The zero-order chi connectivity index (χ0) is 14.3. The SMILES string of the molecule is C=CCC(CC1CCN(C(C)=O)C1)C(=O)NCCC. The third-order valence-corrected chi connectivity index (χ3v) is 3.72. The lowest BCUT2D eigenvalue weighted by Gasteiger charge is -2.19. The molecule has 0 spiro atoms. The van der Waals surface area contributed by atoms with Crippen LogP contribution < -0.4 is 5.32 Å². The van der Waals surface area contributed by atoms with Gasteiger partial charge < -0.3 is 10.2 Å². The highest BCUT2D eigenvalue weighted by Gasteiger charge is 2.28. The number of carbonyl (C=O) groups is 2. The van der Waals surface area contributed by atoms with Crippen molar-refractivity contribution >= 4 is 11.8 Å². The summed E-state index contributed by atoms with van der Waals surface area (Å²) in [5.41, 5.74) is 0. The summed E-state index contributed by atoms with van der Waals surface area (Å²) < 4.78 is 0. The molecule has 0 bridgehead atoms. The van der Waals surface area contributed by atoms with Gasteiger partial charge in [0.15, 0.2) is 0 Å². The first kappa shape index (κ1) is 15.7. The smallest absolute Gasteiger partial charge is 0.223 e. The third-order valence-electron chi connectivity index (χ3n) is 3.72. The Morgan fingerprint density at radius 3 is 2.79 bits per heavy atom. The van der Waals surface area contributed by atoms with E-state index in [0.29, 0.717) is 12.3 Å². The average molecular weight is 266 g/mol. The van der Waals surface area contributed by atoms with Crippen LogP contribution in [0.4, 0.5) is 0 Å². The van der Waals surface area contributed by atoms with Crippen LogP contribution in [0.1, 0.15) is 39.5 Å². The fraction of sp³-hybridized carbons (Fsp3) is 0.733. The summed E-state index contributed by atoms with van der Waals surface area (Å²) in [5, 5.41) is 2.96. The maximum atomic E-state index is 12.1. The van der Waals surface area contributed by atoms with Crippen LogP contribution in [0.3, 0.4) is 0 Å². The second kappa shape index (κ2) is 7.97. The van der Waals surface area contributed by atoms with Crippen LogP contribution in [-0.2, 0) is 9.59 Å². The van der Waals surface area contributed by atoms with Gasteiger partial charge >= 0.3 is 0 Å². The minimum absolute atomic E-state index is 0.000887. The third kappa shape index (κ3) is 5.05. The molecule has 0 aromatic carbocycles. The number of hydrogen-bond donors (Lipinski definition) is 1. The molecule has 4 heteroatoms. The predicted octanol–water partition coefficient (Wildman–Crippen LogP) is 1.96. The molecule has 1 N–H and O–H groups in total. The van der Waals surface area contributed by atoms with Crippen LogP contribution in [0, 0.1) is 11.8 Å². The standard InChI is InChI=1S/C15H26N2O2/c1-4-6-14(15(19)16-8-5-2)10-13-7-9-17(11-13)12(3)18/h4,13-14H,1,5-11H2,2-3H3,(H,16,19). The second-order valence-electron chi connectivity index (χ2n) is 5.37. The Hall–Kier alpha value is -1.32. The highest BCUT2D eigenvalue weighted by molar-refractivity contribution is 5.78. The van der Waals surface area contributed by atoms with Crippen molar-refractivity contribution in [3.05, 3.63) is 12.7 Å².